The van der Waals surface area contributed by atoms with Crippen LogP contribution in [0.25, 0.3) is 0 Å². The second-order valence-electron chi connectivity index (χ2n) is 4.44. The van der Waals surface area contributed by atoms with E-state index >= 15 is 0 Å². The number of hydrogen-bond acceptors (Lipinski definition) is 4. The first-order valence-corrected chi connectivity index (χ1v) is 7.05. The van der Waals surface area contributed by atoms with Crippen molar-refractivity contribution in [2.45, 2.75) is 13.0 Å². The lowest BCUT2D eigenvalue weighted by molar-refractivity contribution is 0.181. The molecule has 2 rings (SSSR count). The first kappa shape index (κ1) is 13.3. The van der Waals surface area contributed by atoms with Gasteiger partial charge in [-0.15, -0.1) is 11.3 Å². The number of hydrogen-bond donors (Lipinski definition) is 1. The van der Waals surface area contributed by atoms with E-state index in [0.717, 1.165) is 43.7 Å². The molecular formula is C12H20N4OS. The van der Waals surface area contributed by atoms with Gasteiger partial charge in [-0.1, -0.05) is 0 Å². The fraction of sp³-hybridized carbons (Fsp3) is 0.667. The molecule has 1 aromatic rings. The Balaban J connectivity index is 1.80. The highest BCUT2D eigenvalue weighted by Gasteiger charge is 2.18. The summed E-state index contributed by atoms with van der Waals surface area (Å²) >= 11 is 1.65. The van der Waals surface area contributed by atoms with E-state index in [1.807, 2.05) is 18.6 Å². The van der Waals surface area contributed by atoms with E-state index in [1.54, 1.807) is 11.3 Å². The van der Waals surface area contributed by atoms with E-state index in [0.29, 0.717) is 5.92 Å². The van der Waals surface area contributed by atoms with Crippen molar-refractivity contribution in [2.24, 2.45) is 10.9 Å². The van der Waals surface area contributed by atoms with Gasteiger partial charge in [0.15, 0.2) is 5.96 Å². The molecule has 1 unspecified atom stereocenters. The lowest BCUT2D eigenvalue weighted by Gasteiger charge is -2.24. The number of rotatable bonds is 4. The van der Waals surface area contributed by atoms with Crippen LogP contribution in [0.4, 0.5) is 0 Å². The third-order valence-corrected chi connectivity index (χ3v) is 3.79. The highest BCUT2D eigenvalue weighted by Crippen LogP contribution is 2.13. The molecule has 18 heavy (non-hydrogen) atoms. The Bertz CT molecular complexity index is 373. The molecule has 1 aliphatic rings. The quantitative estimate of drug-likeness (QED) is 0.658. The molecule has 100 valence electrons. The van der Waals surface area contributed by atoms with Gasteiger partial charge in [0, 0.05) is 44.7 Å². The number of aliphatic imine (C=N–C) groups is 1. The molecule has 2 heterocycles. The van der Waals surface area contributed by atoms with Gasteiger partial charge in [-0.2, -0.15) is 0 Å². The smallest absolute Gasteiger partial charge is 0.193 e. The largest absolute Gasteiger partial charge is 0.381 e. The van der Waals surface area contributed by atoms with Gasteiger partial charge in [-0.25, -0.2) is 4.98 Å². The SMILES string of the molecule is CN=C(NCc1nccs1)N(C)CC1CCOC1. The molecule has 0 aromatic carbocycles. The maximum Gasteiger partial charge on any atom is 0.193 e. The molecule has 0 radical (unpaired) electrons. The van der Waals surface area contributed by atoms with Gasteiger partial charge in [0.1, 0.15) is 5.01 Å². The summed E-state index contributed by atoms with van der Waals surface area (Å²) in [6.45, 7) is 3.48. The Morgan fingerprint density at radius 1 is 1.72 bits per heavy atom. The van der Waals surface area contributed by atoms with Crippen LogP contribution in [-0.4, -0.2) is 49.7 Å². The molecule has 0 amide bonds. The van der Waals surface area contributed by atoms with Crippen LogP contribution < -0.4 is 5.32 Å². The van der Waals surface area contributed by atoms with Crippen molar-refractivity contribution in [3.8, 4) is 0 Å². The molecule has 1 fully saturated rings. The molecule has 1 aromatic heterocycles. The Morgan fingerprint density at radius 2 is 2.61 bits per heavy atom. The Labute approximate surface area is 112 Å². The van der Waals surface area contributed by atoms with Crippen LogP contribution in [-0.2, 0) is 11.3 Å². The van der Waals surface area contributed by atoms with E-state index in [1.165, 1.54) is 0 Å². The highest BCUT2D eigenvalue weighted by atomic mass is 32.1. The van der Waals surface area contributed by atoms with Gasteiger partial charge in [-0.3, -0.25) is 4.99 Å². The number of nitrogens with one attached hydrogen (secondary N) is 1. The van der Waals surface area contributed by atoms with Crippen molar-refractivity contribution < 1.29 is 4.74 Å². The van der Waals surface area contributed by atoms with Crippen LogP contribution in [0.3, 0.4) is 0 Å². The van der Waals surface area contributed by atoms with Crippen molar-refractivity contribution in [1.29, 1.82) is 0 Å². The van der Waals surface area contributed by atoms with Gasteiger partial charge in [0.05, 0.1) is 13.2 Å². The van der Waals surface area contributed by atoms with E-state index in [9.17, 15) is 0 Å². The van der Waals surface area contributed by atoms with Crippen LogP contribution in [0.2, 0.25) is 0 Å². The molecule has 6 heteroatoms. The van der Waals surface area contributed by atoms with Crippen LogP contribution in [0.5, 0.6) is 0 Å². The van der Waals surface area contributed by atoms with E-state index in [-0.39, 0.29) is 0 Å². The van der Waals surface area contributed by atoms with Gasteiger partial charge in [-0.05, 0) is 6.42 Å². The second-order valence-corrected chi connectivity index (χ2v) is 5.42. The predicted molar refractivity (Wildman–Crippen MR) is 73.9 cm³/mol. The molecule has 0 spiro atoms. The van der Waals surface area contributed by atoms with E-state index in [4.69, 9.17) is 4.74 Å². The number of thiazole rings is 1. The molecule has 0 bridgehead atoms. The van der Waals surface area contributed by atoms with Crippen molar-refractivity contribution in [1.82, 2.24) is 15.2 Å². The average molecular weight is 268 g/mol. The standard InChI is InChI=1S/C12H20N4OS/c1-13-12(15-7-11-14-4-6-18-11)16(2)8-10-3-5-17-9-10/h4,6,10H,3,5,7-9H2,1-2H3,(H,13,15). The topological polar surface area (TPSA) is 49.8 Å². The van der Waals surface area contributed by atoms with Gasteiger partial charge in [0.25, 0.3) is 0 Å². The van der Waals surface area contributed by atoms with Gasteiger partial charge in [0.2, 0.25) is 0 Å². The molecule has 1 atom stereocenters. The third-order valence-electron chi connectivity index (χ3n) is 3.01. The molecule has 0 saturated carbocycles. The molecule has 1 saturated heterocycles. The summed E-state index contributed by atoms with van der Waals surface area (Å²) in [5.74, 6) is 1.53. The van der Waals surface area contributed by atoms with Gasteiger partial charge >= 0.3 is 0 Å². The van der Waals surface area contributed by atoms with Crippen molar-refractivity contribution in [3.05, 3.63) is 16.6 Å². The van der Waals surface area contributed by atoms with Crippen LogP contribution in [0, 0.1) is 5.92 Å². The maximum atomic E-state index is 5.39. The lowest BCUT2D eigenvalue weighted by atomic mass is 10.1. The first-order chi connectivity index (χ1) is 8.79. The van der Waals surface area contributed by atoms with Crippen molar-refractivity contribution in [3.63, 3.8) is 0 Å². The molecule has 1 N–H and O–H groups in total. The number of ether oxygens (including phenoxy) is 1. The molecule has 0 aliphatic carbocycles. The summed E-state index contributed by atoms with van der Waals surface area (Å²) in [6.07, 6.45) is 2.97. The van der Waals surface area contributed by atoms with Crippen LogP contribution in [0.15, 0.2) is 16.6 Å². The zero-order valence-electron chi connectivity index (χ0n) is 10.9. The summed E-state index contributed by atoms with van der Waals surface area (Å²) in [5.41, 5.74) is 0. The number of nitrogens with zero attached hydrogens (tertiary/aromatic N) is 3. The minimum atomic E-state index is 0.619. The summed E-state index contributed by atoms with van der Waals surface area (Å²) < 4.78 is 5.39. The Kier molecular flexibility index (Phi) is 4.95. The highest BCUT2D eigenvalue weighted by molar-refractivity contribution is 7.09. The fourth-order valence-electron chi connectivity index (χ4n) is 2.08. The van der Waals surface area contributed by atoms with Gasteiger partial charge < -0.3 is 15.0 Å². The Hall–Kier alpha value is -1.14. The van der Waals surface area contributed by atoms with Crippen molar-refractivity contribution >= 4 is 17.3 Å². The second kappa shape index (κ2) is 6.70. The summed E-state index contributed by atoms with van der Waals surface area (Å²) in [6, 6.07) is 0. The van der Waals surface area contributed by atoms with Crippen LogP contribution in [0.1, 0.15) is 11.4 Å². The zero-order valence-corrected chi connectivity index (χ0v) is 11.7. The van der Waals surface area contributed by atoms with Crippen LogP contribution >= 0.6 is 11.3 Å². The Morgan fingerprint density at radius 3 is 3.22 bits per heavy atom. The molecule has 5 nitrogen and oxygen atoms in total. The summed E-state index contributed by atoms with van der Waals surface area (Å²) in [7, 11) is 3.88. The average Bonchev–Trinajstić information content (AvgIpc) is 3.02. The lowest BCUT2D eigenvalue weighted by Crippen LogP contribution is -2.41. The van der Waals surface area contributed by atoms with E-state index in [2.05, 4.69) is 27.2 Å². The zero-order chi connectivity index (χ0) is 12.8. The normalized spacial score (nSPS) is 20.1. The predicted octanol–water partition coefficient (Wildman–Crippen LogP) is 1.19. The maximum absolute atomic E-state index is 5.39. The minimum absolute atomic E-state index is 0.619. The van der Waals surface area contributed by atoms with Crippen molar-refractivity contribution in [2.75, 3.05) is 33.9 Å². The summed E-state index contributed by atoms with van der Waals surface area (Å²) in [4.78, 5) is 10.7. The third kappa shape index (κ3) is 3.68. The van der Waals surface area contributed by atoms with E-state index < -0.39 is 0 Å². The number of aromatic nitrogens is 1. The first-order valence-electron chi connectivity index (χ1n) is 6.17. The monoisotopic (exact) mass is 268 g/mol. The minimum Gasteiger partial charge on any atom is -0.381 e. The summed E-state index contributed by atoms with van der Waals surface area (Å²) in [5, 5.41) is 6.39. The molecular weight excluding hydrogens is 248 g/mol. The fourth-order valence-corrected chi connectivity index (χ4v) is 2.64. The number of guanidine groups is 1. The molecule has 1 aliphatic heterocycles.